The van der Waals surface area contributed by atoms with E-state index >= 15 is 0 Å². The Labute approximate surface area is 150 Å². The van der Waals surface area contributed by atoms with E-state index in [4.69, 9.17) is 22.9 Å². The fraction of sp³-hybridized carbons (Fsp3) is 0. The fourth-order valence-electron chi connectivity index (χ4n) is 1.60. The molecule has 0 aromatic heterocycles. The van der Waals surface area contributed by atoms with Crippen LogP contribution in [0.2, 0.25) is 0 Å². The minimum Gasteiger partial charge on any atom is -0.366 e. The summed E-state index contributed by atoms with van der Waals surface area (Å²) in [6.07, 6.45) is 0. The molecule has 0 aliphatic rings. The van der Waals surface area contributed by atoms with Crippen molar-refractivity contribution in [2.75, 3.05) is 0 Å². The fourth-order valence-corrected chi connectivity index (χ4v) is 1.60. The largest absolute Gasteiger partial charge is 0.366 e. The summed E-state index contributed by atoms with van der Waals surface area (Å²) < 4.78 is 0. The quantitative estimate of drug-likeness (QED) is 0.587. The van der Waals surface area contributed by atoms with Gasteiger partial charge in [-0.15, -0.1) is 13.2 Å². The van der Waals surface area contributed by atoms with Gasteiger partial charge < -0.3 is 22.9 Å². The molecule has 136 valence electrons. The molecule has 2 rings (SSSR count). The molecule has 0 unspecified atom stereocenters. The molecule has 2 aromatic carbocycles. The number of hydrogen-bond acceptors (Lipinski definition) is 4. The second-order valence-electron chi connectivity index (χ2n) is 4.61. The lowest BCUT2D eigenvalue weighted by molar-refractivity contribution is 0.0988. The second kappa shape index (κ2) is 10.8. The zero-order chi connectivity index (χ0) is 20.3. The summed E-state index contributed by atoms with van der Waals surface area (Å²) in [5, 5.41) is 0. The van der Waals surface area contributed by atoms with Gasteiger partial charge in [0.1, 0.15) is 0 Å². The highest BCUT2D eigenvalue weighted by Gasteiger charge is 2.03. The van der Waals surface area contributed by atoms with Crippen molar-refractivity contribution in [1.29, 1.82) is 0 Å². The normalized spacial score (nSPS) is 8.77. The van der Waals surface area contributed by atoms with Crippen LogP contribution in [0.15, 0.2) is 61.7 Å². The summed E-state index contributed by atoms with van der Waals surface area (Å²) >= 11 is 0. The van der Waals surface area contributed by atoms with E-state index in [-0.39, 0.29) is 0 Å². The first-order valence-corrected chi connectivity index (χ1v) is 7.11. The lowest BCUT2D eigenvalue weighted by Crippen LogP contribution is -2.13. The number of carbonyl (C=O) groups is 4. The average Bonchev–Trinajstić information content (AvgIpc) is 2.64. The highest BCUT2D eigenvalue weighted by Crippen LogP contribution is 2.03. The van der Waals surface area contributed by atoms with Crippen LogP contribution in [0.3, 0.4) is 0 Å². The molecular formula is C18H20N4O4. The third kappa shape index (κ3) is 7.09. The maximum absolute atomic E-state index is 10.6. The van der Waals surface area contributed by atoms with Crippen molar-refractivity contribution in [3.63, 3.8) is 0 Å². The summed E-state index contributed by atoms with van der Waals surface area (Å²) in [5.41, 5.74) is 21.4. The first-order chi connectivity index (χ1) is 12.2. The van der Waals surface area contributed by atoms with Crippen LogP contribution < -0.4 is 22.9 Å². The van der Waals surface area contributed by atoms with Gasteiger partial charge >= 0.3 is 0 Å². The highest BCUT2D eigenvalue weighted by molar-refractivity contribution is 5.97. The Morgan fingerprint density at radius 2 is 0.577 bits per heavy atom. The van der Waals surface area contributed by atoms with E-state index in [0.717, 1.165) is 0 Å². The summed E-state index contributed by atoms with van der Waals surface area (Å²) in [6, 6.07) is 11.7. The maximum Gasteiger partial charge on any atom is 0.248 e. The van der Waals surface area contributed by atoms with Gasteiger partial charge in [0.05, 0.1) is 0 Å². The van der Waals surface area contributed by atoms with Gasteiger partial charge in [-0.05, 0) is 48.5 Å². The lowest BCUT2D eigenvalue weighted by Gasteiger charge is -1.96. The molecule has 0 aliphatic carbocycles. The lowest BCUT2D eigenvalue weighted by atomic mass is 10.1. The molecule has 0 aliphatic heterocycles. The third-order valence-electron chi connectivity index (χ3n) is 2.91. The first kappa shape index (κ1) is 22.1. The molecule has 0 atom stereocenters. The molecule has 0 spiro atoms. The van der Waals surface area contributed by atoms with Crippen LogP contribution in [0.4, 0.5) is 0 Å². The topological polar surface area (TPSA) is 172 Å². The van der Waals surface area contributed by atoms with E-state index in [2.05, 4.69) is 13.2 Å². The monoisotopic (exact) mass is 356 g/mol. The van der Waals surface area contributed by atoms with Crippen LogP contribution in [-0.4, -0.2) is 23.6 Å². The van der Waals surface area contributed by atoms with E-state index < -0.39 is 23.6 Å². The molecule has 26 heavy (non-hydrogen) atoms. The van der Waals surface area contributed by atoms with Crippen LogP contribution in [0, 0.1) is 0 Å². The molecule has 0 radical (unpaired) electrons. The van der Waals surface area contributed by atoms with Crippen molar-refractivity contribution in [3.05, 3.63) is 83.9 Å². The third-order valence-corrected chi connectivity index (χ3v) is 2.91. The van der Waals surface area contributed by atoms with Crippen molar-refractivity contribution in [1.82, 2.24) is 0 Å². The maximum atomic E-state index is 10.6. The molecule has 0 fully saturated rings. The highest BCUT2D eigenvalue weighted by atomic mass is 16.2. The zero-order valence-corrected chi connectivity index (χ0v) is 14.0. The van der Waals surface area contributed by atoms with Gasteiger partial charge in [-0.2, -0.15) is 0 Å². The van der Waals surface area contributed by atoms with Crippen LogP contribution >= 0.6 is 0 Å². The molecule has 0 bridgehead atoms. The Bertz CT molecular complexity index is 650. The standard InChI is InChI=1S/2C8H8N2O2.C2H4/c2*9-7(11)5-1-2-6(4-3-5)8(10)12;1-2/h2*1-4H,(H2,9,11)(H2,10,12);1-2H2. The number of rotatable bonds is 4. The Morgan fingerprint density at radius 1 is 0.462 bits per heavy atom. The van der Waals surface area contributed by atoms with Gasteiger partial charge in [-0.3, -0.25) is 19.2 Å². The summed E-state index contributed by atoms with van der Waals surface area (Å²) in [4.78, 5) is 42.4. The van der Waals surface area contributed by atoms with E-state index in [1.807, 2.05) is 0 Å². The van der Waals surface area contributed by atoms with E-state index in [9.17, 15) is 19.2 Å². The first-order valence-electron chi connectivity index (χ1n) is 7.11. The number of hydrogen-bond donors (Lipinski definition) is 4. The number of amides is 4. The average molecular weight is 356 g/mol. The van der Waals surface area contributed by atoms with Gasteiger partial charge in [0.15, 0.2) is 0 Å². The summed E-state index contributed by atoms with van der Waals surface area (Å²) in [5.74, 6) is -2.09. The van der Waals surface area contributed by atoms with Crippen molar-refractivity contribution in [3.8, 4) is 0 Å². The minimum absolute atomic E-state index is 0.361. The molecule has 8 N–H and O–H groups in total. The van der Waals surface area contributed by atoms with Gasteiger partial charge in [-0.1, -0.05) is 0 Å². The van der Waals surface area contributed by atoms with Gasteiger partial charge in [-0.25, -0.2) is 0 Å². The predicted molar refractivity (Wildman–Crippen MR) is 98.2 cm³/mol. The van der Waals surface area contributed by atoms with Crippen molar-refractivity contribution in [2.45, 2.75) is 0 Å². The van der Waals surface area contributed by atoms with Crippen LogP contribution in [0.5, 0.6) is 0 Å². The van der Waals surface area contributed by atoms with Gasteiger partial charge in [0.25, 0.3) is 0 Å². The van der Waals surface area contributed by atoms with Crippen molar-refractivity contribution >= 4 is 23.6 Å². The molecule has 0 saturated heterocycles. The van der Waals surface area contributed by atoms with E-state index in [1.165, 1.54) is 48.5 Å². The smallest absolute Gasteiger partial charge is 0.248 e. The van der Waals surface area contributed by atoms with E-state index in [1.54, 1.807) is 0 Å². The number of benzene rings is 2. The molecule has 8 nitrogen and oxygen atoms in total. The molecule has 2 aromatic rings. The summed E-state index contributed by atoms with van der Waals surface area (Å²) in [6.45, 7) is 6.00. The molecule has 8 heteroatoms. The number of primary amides is 4. The van der Waals surface area contributed by atoms with Crippen molar-refractivity contribution in [2.24, 2.45) is 22.9 Å². The molecule has 0 saturated carbocycles. The van der Waals surface area contributed by atoms with Crippen LogP contribution in [0.25, 0.3) is 0 Å². The Balaban J connectivity index is 0.000000439. The Kier molecular flexibility index (Phi) is 9.13. The second-order valence-corrected chi connectivity index (χ2v) is 4.61. The number of nitrogens with two attached hydrogens (primary N) is 4. The Morgan fingerprint density at radius 3 is 0.654 bits per heavy atom. The molecule has 0 heterocycles. The van der Waals surface area contributed by atoms with Crippen LogP contribution in [0.1, 0.15) is 41.4 Å². The zero-order valence-electron chi connectivity index (χ0n) is 14.0. The van der Waals surface area contributed by atoms with Crippen LogP contribution in [-0.2, 0) is 0 Å². The minimum atomic E-state index is -0.522. The predicted octanol–water partition coefficient (Wildman–Crippen LogP) is 0.571. The summed E-state index contributed by atoms with van der Waals surface area (Å²) in [7, 11) is 0. The van der Waals surface area contributed by atoms with Crippen molar-refractivity contribution < 1.29 is 19.2 Å². The number of carbonyl (C=O) groups excluding carboxylic acids is 4. The van der Waals surface area contributed by atoms with Gasteiger partial charge in [0.2, 0.25) is 23.6 Å². The Hall–Kier alpha value is -3.94. The van der Waals surface area contributed by atoms with Gasteiger partial charge in [0, 0.05) is 22.3 Å². The SMILES string of the molecule is C=C.NC(=O)c1ccc(C(N)=O)cc1.NC(=O)c1ccc(C(N)=O)cc1. The molecular weight excluding hydrogens is 336 g/mol. The van der Waals surface area contributed by atoms with E-state index in [0.29, 0.717) is 22.3 Å². The molecule has 4 amide bonds.